The summed E-state index contributed by atoms with van der Waals surface area (Å²) in [6.45, 7) is 3.83. The molecule has 0 amide bonds. The van der Waals surface area contributed by atoms with Crippen molar-refractivity contribution in [2.24, 2.45) is 11.7 Å². The van der Waals surface area contributed by atoms with Gasteiger partial charge in [-0.1, -0.05) is 13.8 Å². The van der Waals surface area contributed by atoms with Gasteiger partial charge in [-0.25, -0.2) is 0 Å². The zero-order valence-electron chi connectivity index (χ0n) is 7.49. The van der Waals surface area contributed by atoms with Gasteiger partial charge in [-0.3, -0.25) is 0 Å². The average molecular weight is 183 g/mol. The zero-order valence-corrected chi connectivity index (χ0v) is 7.49. The van der Waals surface area contributed by atoms with Crippen molar-refractivity contribution in [2.45, 2.75) is 45.3 Å². The highest BCUT2D eigenvalue weighted by atomic mass is 19.4. The minimum Gasteiger partial charge on any atom is -0.327 e. The molecule has 0 bridgehead atoms. The highest BCUT2D eigenvalue weighted by Crippen LogP contribution is 2.23. The topological polar surface area (TPSA) is 26.0 Å². The maximum absolute atomic E-state index is 11.7. The molecule has 0 aromatic carbocycles. The molecule has 0 saturated carbocycles. The summed E-state index contributed by atoms with van der Waals surface area (Å²) in [5.41, 5.74) is 5.58. The predicted molar refractivity (Wildman–Crippen MR) is 42.7 cm³/mol. The van der Waals surface area contributed by atoms with Gasteiger partial charge in [0.2, 0.25) is 0 Å². The van der Waals surface area contributed by atoms with Crippen molar-refractivity contribution in [1.82, 2.24) is 0 Å². The van der Waals surface area contributed by atoms with E-state index in [2.05, 4.69) is 0 Å². The van der Waals surface area contributed by atoms with Crippen LogP contribution in [-0.4, -0.2) is 12.2 Å². The lowest BCUT2D eigenvalue weighted by atomic mass is 9.99. The van der Waals surface area contributed by atoms with Crippen LogP contribution in [0.3, 0.4) is 0 Å². The maximum Gasteiger partial charge on any atom is 0.389 e. The molecule has 0 heterocycles. The first-order valence-corrected chi connectivity index (χ1v) is 4.15. The van der Waals surface area contributed by atoms with E-state index in [1.54, 1.807) is 0 Å². The number of rotatable bonds is 4. The number of alkyl halides is 3. The molecule has 4 heteroatoms. The molecule has 1 atom stereocenters. The first-order chi connectivity index (χ1) is 5.33. The van der Waals surface area contributed by atoms with Crippen molar-refractivity contribution < 1.29 is 13.2 Å². The zero-order chi connectivity index (χ0) is 9.78. The minimum atomic E-state index is -4.03. The van der Waals surface area contributed by atoms with Crippen molar-refractivity contribution >= 4 is 0 Å². The van der Waals surface area contributed by atoms with Gasteiger partial charge in [-0.2, -0.15) is 13.2 Å². The fourth-order valence-corrected chi connectivity index (χ4v) is 0.872. The van der Waals surface area contributed by atoms with Crippen LogP contribution in [0.25, 0.3) is 0 Å². The lowest BCUT2D eigenvalue weighted by Crippen LogP contribution is -2.26. The molecular formula is C8H16F3N. The highest BCUT2D eigenvalue weighted by molar-refractivity contribution is 4.65. The van der Waals surface area contributed by atoms with Crippen LogP contribution in [0.4, 0.5) is 13.2 Å². The Bertz CT molecular complexity index is 120. The van der Waals surface area contributed by atoms with Gasteiger partial charge in [0.15, 0.2) is 0 Å². The molecule has 0 aliphatic carbocycles. The van der Waals surface area contributed by atoms with Crippen LogP contribution in [0.5, 0.6) is 0 Å². The Morgan fingerprint density at radius 3 is 2.08 bits per heavy atom. The van der Waals surface area contributed by atoms with Crippen LogP contribution >= 0.6 is 0 Å². The van der Waals surface area contributed by atoms with Crippen LogP contribution in [0.15, 0.2) is 0 Å². The molecule has 0 fully saturated rings. The van der Waals surface area contributed by atoms with Crippen LogP contribution in [-0.2, 0) is 0 Å². The molecule has 0 aromatic heterocycles. The van der Waals surface area contributed by atoms with E-state index in [1.165, 1.54) is 0 Å². The lowest BCUT2D eigenvalue weighted by Gasteiger charge is -2.15. The molecule has 0 saturated heterocycles. The summed E-state index contributed by atoms with van der Waals surface area (Å²) in [6, 6.07) is -0.104. The molecule has 12 heavy (non-hydrogen) atoms. The van der Waals surface area contributed by atoms with Gasteiger partial charge >= 0.3 is 6.18 Å². The van der Waals surface area contributed by atoms with Gasteiger partial charge in [0.1, 0.15) is 0 Å². The first kappa shape index (κ1) is 11.8. The van der Waals surface area contributed by atoms with E-state index in [-0.39, 0.29) is 18.4 Å². The van der Waals surface area contributed by atoms with E-state index in [9.17, 15) is 13.2 Å². The highest BCUT2D eigenvalue weighted by Gasteiger charge is 2.26. The average Bonchev–Trinajstić information content (AvgIpc) is 1.84. The Morgan fingerprint density at radius 1 is 1.25 bits per heavy atom. The van der Waals surface area contributed by atoms with Gasteiger partial charge in [0, 0.05) is 12.5 Å². The second kappa shape index (κ2) is 4.70. The Balaban J connectivity index is 3.44. The third kappa shape index (κ3) is 6.46. The van der Waals surface area contributed by atoms with Crippen molar-refractivity contribution in [2.75, 3.05) is 0 Å². The molecule has 1 nitrogen and oxygen atoms in total. The van der Waals surface area contributed by atoms with Gasteiger partial charge < -0.3 is 5.73 Å². The number of halogens is 3. The van der Waals surface area contributed by atoms with Crippen molar-refractivity contribution in [3.05, 3.63) is 0 Å². The number of hydrogen-bond donors (Lipinski definition) is 1. The van der Waals surface area contributed by atoms with Gasteiger partial charge in [-0.15, -0.1) is 0 Å². The fraction of sp³-hybridized carbons (Fsp3) is 1.00. The molecule has 1 unspecified atom stereocenters. The van der Waals surface area contributed by atoms with Gasteiger partial charge in [0.25, 0.3) is 0 Å². The van der Waals surface area contributed by atoms with Crippen molar-refractivity contribution in [3.63, 3.8) is 0 Å². The van der Waals surface area contributed by atoms with Crippen LogP contribution in [0.2, 0.25) is 0 Å². The molecule has 0 spiro atoms. The number of nitrogens with two attached hydrogens (primary N) is 1. The molecule has 0 aliphatic heterocycles. The molecule has 0 aromatic rings. The lowest BCUT2D eigenvalue weighted by molar-refractivity contribution is -0.135. The Kier molecular flexibility index (Phi) is 4.60. The first-order valence-electron chi connectivity index (χ1n) is 4.15. The van der Waals surface area contributed by atoms with Crippen molar-refractivity contribution in [1.29, 1.82) is 0 Å². The summed E-state index contributed by atoms with van der Waals surface area (Å²) in [5, 5.41) is 0. The van der Waals surface area contributed by atoms with E-state index in [1.807, 2.05) is 13.8 Å². The largest absolute Gasteiger partial charge is 0.389 e. The molecule has 0 rings (SSSR count). The molecule has 0 radical (unpaired) electrons. The van der Waals surface area contributed by atoms with E-state index in [4.69, 9.17) is 5.73 Å². The smallest absolute Gasteiger partial charge is 0.327 e. The Labute approximate surface area is 71.1 Å². The van der Waals surface area contributed by atoms with Crippen LogP contribution in [0, 0.1) is 5.92 Å². The minimum absolute atomic E-state index is 0.104. The summed E-state index contributed by atoms with van der Waals surface area (Å²) in [4.78, 5) is 0. The molecule has 0 aliphatic rings. The summed E-state index contributed by atoms with van der Waals surface area (Å²) >= 11 is 0. The standard InChI is InChI=1S/C8H16F3N/c1-6(2)7(12)4-3-5-8(9,10)11/h6-7H,3-5,12H2,1-2H3. The van der Waals surface area contributed by atoms with Gasteiger partial charge in [-0.05, 0) is 18.8 Å². The van der Waals surface area contributed by atoms with Crippen molar-refractivity contribution in [3.8, 4) is 0 Å². The molecular weight excluding hydrogens is 167 g/mol. The molecule has 2 N–H and O–H groups in total. The van der Waals surface area contributed by atoms with E-state index in [0.717, 1.165) is 0 Å². The number of hydrogen-bond acceptors (Lipinski definition) is 1. The Hall–Kier alpha value is -0.250. The fourth-order valence-electron chi connectivity index (χ4n) is 0.872. The quantitative estimate of drug-likeness (QED) is 0.712. The molecule has 74 valence electrons. The van der Waals surface area contributed by atoms with E-state index >= 15 is 0 Å². The van der Waals surface area contributed by atoms with E-state index in [0.29, 0.717) is 6.42 Å². The third-order valence-corrected chi connectivity index (χ3v) is 1.85. The van der Waals surface area contributed by atoms with E-state index < -0.39 is 12.6 Å². The summed E-state index contributed by atoms with van der Waals surface area (Å²) in [7, 11) is 0. The van der Waals surface area contributed by atoms with Gasteiger partial charge in [0.05, 0.1) is 0 Å². The summed E-state index contributed by atoms with van der Waals surface area (Å²) in [5.74, 6) is 0.262. The normalized spacial score (nSPS) is 15.2. The third-order valence-electron chi connectivity index (χ3n) is 1.85. The summed E-state index contributed by atoms with van der Waals surface area (Å²) in [6.07, 6.45) is -4.15. The van der Waals surface area contributed by atoms with Crippen LogP contribution < -0.4 is 5.73 Å². The maximum atomic E-state index is 11.7. The predicted octanol–water partition coefficient (Wildman–Crippen LogP) is 2.70. The van der Waals surface area contributed by atoms with Crippen LogP contribution in [0.1, 0.15) is 33.1 Å². The monoisotopic (exact) mass is 183 g/mol. The summed E-state index contributed by atoms with van der Waals surface area (Å²) < 4.78 is 35.0. The second-order valence-corrected chi connectivity index (χ2v) is 3.42. The SMILES string of the molecule is CC(C)C(N)CCCC(F)(F)F. The Morgan fingerprint density at radius 2 is 1.75 bits per heavy atom. The second-order valence-electron chi connectivity index (χ2n) is 3.42.